The van der Waals surface area contributed by atoms with Gasteiger partial charge in [0, 0.05) is 35.1 Å². The molecule has 2 rings (SSSR count). The molecule has 2 atom stereocenters. The monoisotopic (exact) mass is 229 g/mol. The van der Waals surface area contributed by atoms with E-state index in [2.05, 4.69) is 41.0 Å². The number of rotatable bonds is 3. The largest absolute Gasteiger partial charge is 0.309 e. The van der Waals surface area contributed by atoms with Gasteiger partial charge in [-0.15, -0.1) is 0 Å². The average molecular weight is 229 g/mol. The smallest absolute Gasteiger partial charge is 0.0263 e. The summed E-state index contributed by atoms with van der Waals surface area (Å²) >= 11 is 4.26. The number of hydrogen-bond donors (Lipinski definition) is 1. The van der Waals surface area contributed by atoms with Crippen LogP contribution < -0.4 is 5.32 Å². The van der Waals surface area contributed by atoms with E-state index >= 15 is 0 Å². The highest BCUT2D eigenvalue weighted by Crippen LogP contribution is 2.23. The molecular weight excluding hydrogens is 210 g/mol. The molecule has 0 saturated carbocycles. The molecule has 1 saturated heterocycles. The van der Waals surface area contributed by atoms with Crippen molar-refractivity contribution < 1.29 is 0 Å². The molecular formula is C11H19NS2. The van der Waals surface area contributed by atoms with E-state index in [4.69, 9.17) is 0 Å². The van der Waals surface area contributed by atoms with E-state index in [1.807, 2.05) is 0 Å². The summed E-state index contributed by atoms with van der Waals surface area (Å²) in [4.78, 5) is 0. The summed E-state index contributed by atoms with van der Waals surface area (Å²) in [6.45, 7) is 1.20. The van der Waals surface area contributed by atoms with Crippen LogP contribution in [0.1, 0.15) is 19.3 Å². The summed E-state index contributed by atoms with van der Waals surface area (Å²) in [5, 5.41) is 4.52. The van der Waals surface area contributed by atoms with E-state index in [9.17, 15) is 0 Å². The van der Waals surface area contributed by atoms with Gasteiger partial charge in [-0.2, -0.15) is 23.5 Å². The van der Waals surface area contributed by atoms with E-state index in [1.165, 1.54) is 43.1 Å². The first-order valence-corrected chi connectivity index (χ1v) is 7.75. The zero-order valence-corrected chi connectivity index (χ0v) is 10.2. The highest BCUT2D eigenvalue weighted by Gasteiger charge is 2.15. The molecule has 1 fully saturated rings. The molecule has 0 aromatic carbocycles. The lowest BCUT2D eigenvalue weighted by molar-refractivity contribution is 0.525. The molecule has 0 aromatic heterocycles. The predicted molar refractivity (Wildman–Crippen MR) is 68.4 cm³/mol. The summed E-state index contributed by atoms with van der Waals surface area (Å²) in [7, 11) is 0. The maximum absolute atomic E-state index is 3.67. The molecule has 1 aliphatic heterocycles. The van der Waals surface area contributed by atoms with E-state index in [0.29, 0.717) is 6.04 Å². The Hall–Kier alpha value is 0.400. The molecule has 1 N–H and O–H groups in total. The van der Waals surface area contributed by atoms with Crippen LogP contribution in [0.3, 0.4) is 0 Å². The summed E-state index contributed by atoms with van der Waals surface area (Å²) in [6, 6.07) is 0.663. The maximum atomic E-state index is 3.67. The van der Waals surface area contributed by atoms with Crippen molar-refractivity contribution >= 4 is 23.5 Å². The van der Waals surface area contributed by atoms with E-state index in [-0.39, 0.29) is 0 Å². The quantitative estimate of drug-likeness (QED) is 0.747. The second-order valence-electron chi connectivity index (χ2n) is 3.94. The number of nitrogens with one attached hydrogen (secondary N) is 1. The predicted octanol–water partition coefficient (Wildman–Crippen LogP) is 2.53. The van der Waals surface area contributed by atoms with Gasteiger partial charge in [0.25, 0.3) is 0 Å². The second-order valence-corrected chi connectivity index (χ2v) is 6.50. The fourth-order valence-electron chi connectivity index (χ4n) is 1.92. The van der Waals surface area contributed by atoms with E-state index in [1.54, 1.807) is 0 Å². The Bertz CT molecular complexity index is 188. The van der Waals surface area contributed by atoms with Crippen molar-refractivity contribution in [2.45, 2.75) is 30.6 Å². The van der Waals surface area contributed by atoms with Crippen LogP contribution in [0.2, 0.25) is 0 Å². The SMILES string of the molecule is C1=CC(NCC2CSCCS2)CCC1. The Morgan fingerprint density at radius 3 is 3.07 bits per heavy atom. The molecule has 0 aromatic rings. The molecule has 0 amide bonds. The molecule has 2 aliphatic rings. The van der Waals surface area contributed by atoms with Crippen molar-refractivity contribution in [3.05, 3.63) is 12.2 Å². The van der Waals surface area contributed by atoms with Gasteiger partial charge >= 0.3 is 0 Å². The topological polar surface area (TPSA) is 12.0 Å². The molecule has 0 bridgehead atoms. The van der Waals surface area contributed by atoms with Gasteiger partial charge < -0.3 is 5.32 Å². The molecule has 2 unspecified atom stereocenters. The summed E-state index contributed by atoms with van der Waals surface area (Å²) in [5.74, 6) is 4.04. The zero-order chi connectivity index (χ0) is 9.64. The van der Waals surface area contributed by atoms with Gasteiger partial charge in [-0.25, -0.2) is 0 Å². The normalized spacial score (nSPS) is 33.1. The van der Waals surface area contributed by atoms with Crippen molar-refractivity contribution in [2.75, 3.05) is 23.8 Å². The molecule has 1 aliphatic carbocycles. The average Bonchev–Trinajstić information content (AvgIpc) is 2.29. The molecule has 80 valence electrons. The third-order valence-corrected chi connectivity index (χ3v) is 5.59. The lowest BCUT2D eigenvalue weighted by Crippen LogP contribution is -2.36. The number of thioether (sulfide) groups is 2. The van der Waals surface area contributed by atoms with Crippen molar-refractivity contribution in [1.29, 1.82) is 0 Å². The Kier molecular flexibility index (Phi) is 4.74. The van der Waals surface area contributed by atoms with Crippen LogP contribution in [0.5, 0.6) is 0 Å². The van der Waals surface area contributed by atoms with Gasteiger partial charge in [0.2, 0.25) is 0 Å². The minimum atomic E-state index is 0.663. The van der Waals surface area contributed by atoms with Crippen molar-refractivity contribution in [1.82, 2.24) is 5.32 Å². The first-order valence-electron chi connectivity index (χ1n) is 5.54. The third-order valence-electron chi connectivity index (χ3n) is 2.75. The van der Waals surface area contributed by atoms with Crippen molar-refractivity contribution in [2.24, 2.45) is 0 Å². The molecule has 3 heteroatoms. The van der Waals surface area contributed by atoms with Crippen molar-refractivity contribution in [3.63, 3.8) is 0 Å². The third kappa shape index (κ3) is 3.52. The summed E-state index contributed by atoms with van der Waals surface area (Å²) in [6.07, 6.45) is 8.65. The van der Waals surface area contributed by atoms with Gasteiger partial charge in [0.1, 0.15) is 0 Å². The van der Waals surface area contributed by atoms with Crippen LogP contribution in [0.25, 0.3) is 0 Å². The zero-order valence-electron chi connectivity index (χ0n) is 8.58. The summed E-state index contributed by atoms with van der Waals surface area (Å²) in [5.41, 5.74) is 0. The Morgan fingerprint density at radius 1 is 1.36 bits per heavy atom. The molecule has 14 heavy (non-hydrogen) atoms. The maximum Gasteiger partial charge on any atom is 0.0263 e. The number of allylic oxidation sites excluding steroid dienone is 1. The van der Waals surface area contributed by atoms with Crippen LogP contribution in [-0.4, -0.2) is 35.1 Å². The first-order chi connectivity index (χ1) is 6.95. The summed E-state index contributed by atoms with van der Waals surface area (Å²) < 4.78 is 0. The van der Waals surface area contributed by atoms with E-state index in [0.717, 1.165) is 5.25 Å². The fourth-order valence-corrected chi connectivity index (χ4v) is 4.54. The molecule has 0 radical (unpaired) electrons. The van der Waals surface area contributed by atoms with Gasteiger partial charge in [-0.1, -0.05) is 12.2 Å². The lowest BCUT2D eigenvalue weighted by Gasteiger charge is -2.24. The highest BCUT2D eigenvalue weighted by molar-refractivity contribution is 8.06. The van der Waals surface area contributed by atoms with Gasteiger partial charge in [0.05, 0.1) is 0 Å². The van der Waals surface area contributed by atoms with Crippen LogP contribution in [0.4, 0.5) is 0 Å². The highest BCUT2D eigenvalue weighted by atomic mass is 32.2. The second kappa shape index (κ2) is 6.09. The Labute approximate surface area is 95.5 Å². The van der Waals surface area contributed by atoms with Crippen LogP contribution in [0, 0.1) is 0 Å². The van der Waals surface area contributed by atoms with Crippen LogP contribution in [0.15, 0.2) is 12.2 Å². The lowest BCUT2D eigenvalue weighted by atomic mass is 10.0. The fraction of sp³-hybridized carbons (Fsp3) is 0.818. The van der Waals surface area contributed by atoms with Crippen LogP contribution in [-0.2, 0) is 0 Å². The van der Waals surface area contributed by atoms with Crippen molar-refractivity contribution in [3.8, 4) is 0 Å². The van der Waals surface area contributed by atoms with Gasteiger partial charge in [-0.3, -0.25) is 0 Å². The minimum Gasteiger partial charge on any atom is -0.309 e. The Morgan fingerprint density at radius 2 is 2.36 bits per heavy atom. The van der Waals surface area contributed by atoms with E-state index < -0.39 is 0 Å². The Balaban J connectivity index is 1.65. The first kappa shape index (κ1) is 10.9. The van der Waals surface area contributed by atoms with Crippen LogP contribution >= 0.6 is 23.5 Å². The molecule has 1 heterocycles. The number of hydrogen-bond acceptors (Lipinski definition) is 3. The van der Waals surface area contributed by atoms with Gasteiger partial charge in [-0.05, 0) is 19.3 Å². The molecule has 1 nitrogen and oxygen atoms in total. The standard InChI is InChI=1S/C11H19NS2/c1-2-4-10(5-3-1)12-8-11-9-13-6-7-14-11/h2,4,10-12H,1,3,5-9H2. The van der Waals surface area contributed by atoms with Gasteiger partial charge in [0.15, 0.2) is 0 Å². The molecule has 0 spiro atoms. The minimum absolute atomic E-state index is 0.663.